The summed E-state index contributed by atoms with van der Waals surface area (Å²) in [5.41, 5.74) is 9.77. The molecule has 1 aliphatic rings. The van der Waals surface area contributed by atoms with E-state index >= 15 is 0 Å². The number of anilines is 1. The van der Waals surface area contributed by atoms with E-state index in [0.717, 1.165) is 16.8 Å². The number of aryl methyl sites for hydroxylation is 2. The molecule has 0 bridgehead atoms. The van der Waals surface area contributed by atoms with E-state index in [2.05, 4.69) is 5.32 Å². The summed E-state index contributed by atoms with van der Waals surface area (Å²) in [6.07, 6.45) is 1.07. The molecule has 1 heterocycles. The molecule has 1 unspecified atom stereocenters. The summed E-state index contributed by atoms with van der Waals surface area (Å²) in [5, 5.41) is 2.84. The maximum absolute atomic E-state index is 12.7. The molecule has 0 aromatic heterocycles. The van der Waals surface area contributed by atoms with Gasteiger partial charge in [0.15, 0.2) is 0 Å². The fourth-order valence-corrected chi connectivity index (χ4v) is 3.41. The topological polar surface area (TPSA) is 92.5 Å². The van der Waals surface area contributed by atoms with Gasteiger partial charge < -0.3 is 16.0 Å². The fourth-order valence-electron chi connectivity index (χ4n) is 3.41. The summed E-state index contributed by atoms with van der Waals surface area (Å²) in [5.74, 6) is -1.54. The average molecular weight is 379 g/mol. The van der Waals surface area contributed by atoms with Crippen molar-refractivity contribution >= 4 is 23.4 Å². The summed E-state index contributed by atoms with van der Waals surface area (Å²) >= 11 is 0. The number of amides is 3. The van der Waals surface area contributed by atoms with E-state index in [1.54, 1.807) is 23.1 Å². The van der Waals surface area contributed by atoms with E-state index in [4.69, 9.17) is 5.73 Å². The highest BCUT2D eigenvalue weighted by atomic mass is 16.2. The van der Waals surface area contributed by atoms with Crippen molar-refractivity contribution in [1.82, 2.24) is 5.32 Å². The van der Waals surface area contributed by atoms with Crippen molar-refractivity contribution in [2.45, 2.75) is 26.7 Å². The Morgan fingerprint density at radius 1 is 1.14 bits per heavy atom. The standard InChI is InChI=1S/C22H25N3O3/c1-14-6-7-18(12-15(14)2)25-11-9-19(22(25)28)21(27)24-10-8-16-4-3-5-17(13-16)20(23)26/h3-7,12-13,19H,8-11H2,1-2H3,(H2,23,26)(H,24,27). The molecule has 3 rings (SSSR count). The summed E-state index contributed by atoms with van der Waals surface area (Å²) in [4.78, 5) is 38.1. The lowest BCUT2D eigenvalue weighted by Gasteiger charge is -2.18. The van der Waals surface area contributed by atoms with Gasteiger partial charge in [0.1, 0.15) is 5.92 Å². The highest BCUT2D eigenvalue weighted by molar-refractivity contribution is 6.09. The van der Waals surface area contributed by atoms with E-state index in [1.165, 1.54) is 5.56 Å². The van der Waals surface area contributed by atoms with Crippen LogP contribution in [-0.4, -0.2) is 30.8 Å². The van der Waals surface area contributed by atoms with Crippen molar-refractivity contribution in [2.75, 3.05) is 18.0 Å². The van der Waals surface area contributed by atoms with Crippen molar-refractivity contribution in [1.29, 1.82) is 0 Å². The second kappa shape index (κ2) is 8.25. The van der Waals surface area contributed by atoms with Gasteiger partial charge in [0.05, 0.1) is 0 Å². The normalized spacial score (nSPS) is 16.3. The second-order valence-electron chi connectivity index (χ2n) is 7.21. The number of carbonyl (C=O) groups is 3. The summed E-state index contributed by atoms with van der Waals surface area (Å²) in [6, 6.07) is 12.9. The molecule has 1 atom stereocenters. The number of benzene rings is 2. The lowest BCUT2D eigenvalue weighted by molar-refractivity contribution is -0.132. The monoisotopic (exact) mass is 379 g/mol. The van der Waals surface area contributed by atoms with Crippen LogP contribution in [0.4, 0.5) is 5.69 Å². The summed E-state index contributed by atoms with van der Waals surface area (Å²) in [6.45, 7) is 4.98. The molecule has 3 N–H and O–H groups in total. The van der Waals surface area contributed by atoms with E-state index < -0.39 is 11.8 Å². The van der Waals surface area contributed by atoms with Gasteiger partial charge in [-0.25, -0.2) is 0 Å². The molecule has 0 aliphatic carbocycles. The molecule has 0 radical (unpaired) electrons. The molecule has 3 amide bonds. The van der Waals surface area contributed by atoms with E-state index in [1.807, 2.05) is 38.1 Å². The fraction of sp³-hybridized carbons (Fsp3) is 0.318. The predicted octanol–water partition coefficient (Wildman–Crippen LogP) is 2.11. The van der Waals surface area contributed by atoms with Gasteiger partial charge in [-0.15, -0.1) is 0 Å². The van der Waals surface area contributed by atoms with E-state index in [0.29, 0.717) is 31.5 Å². The Kier molecular flexibility index (Phi) is 5.78. The van der Waals surface area contributed by atoms with Crippen LogP contribution in [-0.2, 0) is 16.0 Å². The van der Waals surface area contributed by atoms with Crippen molar-refractivity contribution in [3.05, 3.63) is 64.7 Å². The van der Waals surface area contributed by atoms with Gasteiger partial charge in [0, 0.05) is 24.3 Å². The zero-order chi connectivity index (χ0) is 20.3. The van der Waals surface area contributed by atoms with Crippen LogP contribution in [0, 0.1) is 19.8 Å². The minimum absolute atomic E-state index is 0.156. The molecule has 1 aliphatic heterocycles. The van der Waals surface area contributed by atoms with Crippen LogP contribution >= 0.6 is 0 Å². The van der Waals surface area contributed by atoms with Gasteiger partial charge in [-0.3, -0.25) is 14.4 Å². The third-order valence-corrected chi connectivity index (χ3v) is 5.25. The van der Waals surface area contributed by atoms with Gasteiger partial charge >= 0.3 is 0 Å². The SMILES string of the molecule is Cc1ccc(N2CCC(C(=O)NCCc3cccc(C(N)=O)c3)C2=O)cc1C. The maximum Gasteiger partial charge on any atom is 0.248 e. The first kappa shape index (κ1) is 19.6. The van der Waals surface area contributed by atoms with E-state index in [9.17, 15) is 14.4 Å². The van der Waals surface area contributed by atoms with Gasteiger partial charge in [-0.2, -0.15) is 0 Å². The molecule has 0 saturated carbocycles. The van der Waals surface area contributed by atoms with Crippen LogP contribution in [0.1, 0.15) is 33.5 Å². The van der Waals surface area contributed by atoms with Crippen molar-refractivity contribution < 1.29 is 14.4 Å². The Balaban J connectivity index is 1.56. The molecule has 2 aromatic rings. The van der Waals surface area contributed by atoms with Crippen LogP contribution in [0.5, 0.6) is 0 Å². The average Bonchev–Trinajstić information content (AvgIpc) is 3.05. The molecule has 2 aromatic carbocycles. The second-order valence-corrected chi connectivity index (χ2v) is 7.21. The first-order valence-electron chi connectivity index (χ1n) is 9.42. The number of nitrogens with zero attached hydrogens (tertiary/aromatic N) is 1. The largest absolute Gasteiger partial charge is 0.366 e. The van der Waals surface area contributed by atoms with Crippen molar-refractivity contribution in [3.8, 4) is 0 Å². The Morgan fingerprint density at radius 2 is 1.93 bits per heavy atom. The Morgan fingerprint density at radius 3 is 2.64 bits per heavy atom. The van der Waals surface area contributed by atoms with Crippen LogP contribution in [0.3, 0.4) is 0 Å². The lowest BCUT2D eigenvalue weighted by atomic mass is 10.1. The maximum atomic E-state index is 12.7. The van der Waals surface area contributed by atoms with Gasteiger partial charge in [-0.1, -0.05) is 18.2 Å². The number of hydrogen-bond donors (Lipinski definition) is 2. The number of nitrogens with one attached hydrogen (secondary N) is 1. The number of nitrogens with two attached hydrogens (primary N) is 1. The smallest absolute Gasteiger partial charge is 0.248 e. The lowest BCUT2D eigenvalue weighted by Crippen LogP contribution is -2.37. The Labute approximate surface area is 164 Å². The number of rotatable bonds is 6. The third kappa shape index (κ3) is 4.22. The van der Waals surface area contributed by atoms with Gasteiger partial charge in [0.25, 0.3) is 0 Å². The molecule has 6 heteroatoms. The molecular formula is C22H25N3O3. The molecule has 6 nitrogen and oxygen atoms in total. The van der Waals surface area contributed by atoms with Crippen LogP contribution < -0.4 is 16.0 Å². The molecule has 1 fully saturated rings. The van der Waals surface area contributed by atoms with Gasteiger partial charge in [0.2, 0.25) is 17.7 Å². The molecule has 1 saturated heterocycles. The minimum Gasteiger partial charge on any atom is -0.366 e. The third-order valence-electron chi connectivity index (χ3n) is 5.25. The zero-order valence-electron chi connectivity index (χ0n) is 16.2. The Bertz CT molecular complexity index is 923. The number of primary amides is 1. The molecule has 28 heavy (non-hydrogen) atoms. The first-order valence-corrected chi connectivity index (χ1v) is 9.42. The summed E-state index contributed by atoms with van der Waals surface area (Å²) in [7, 11) is 0. The molecule has 146 valence electrons. The van der Waals surface area contributed by atoms with Gasteiger partial charge in [-0.05, 0) is 67.6 Å². The molecule has 0 spiro atoms. The summed E-state index contributed by atoms with van der Waals surface area (Å²) < 4.78 is 0. The van der Waals surface area contributed by atoms with Crippen LogP contribution in [0.2, 0.25) is 0 Å². The first-order chi connectivity index (χ1) is 13.4. The highest BCUT2D eigenvalue weighted by Gasteiger charge is 2.37. The molecular weight excluding hydrogens is 354 g/mol. The Hall–Kier alpha value is -3.15. The zero-order valence-corrected chi connectivity index (χ0v) is 16.2. The van der Waals surface area contributed by atoms with Crippen molar-refractivity contribution in [2.24, 2.45) is 11.7 Å². The minimum atomic E-state index is -0.654. The van der Waals surface area contributed by atoms with E-state index in [-0.39, 0.29) is 11.8 Å². The quantitative estimate of drug-likeness (QED) is 0.753. The number of carbonyl (C=O) groups excluding carboxylic acids is 3. The predicted molar refractivity (Wildman–Crippen MR) is 108 cm³/mol. The van der Waals surface area contributed by atoms with Crippen LogP contribution in [0.25, 0.3) is 0 Å². The van der Waals surface area contributed by atoms with Crippen LogP contribution in [0.15, 0.2) is 42.5 Å². The highest BCUT2D eigenvalue weighted by Crippen LogP contribution is 2.27. The number of hydrogen-bond acceptors (Lipinski definition) is 3. The van der Waals surface area contributed by atoms with Crippen molar-refractivity contribution in [3.63, 3.8) is 0 Å².